The summed E-state index contributed by atoms with van der Waals surface area (Å²) in [6.07, 6.45) is -2.16. The van der Waals surface area contributed by atoms with Gasteiger partial charge in [0.2, 0.25) is 0 Å². The van der Waals surface area contributed by atoms with E-state index in [9.17, 15) is 28.1 Å². The first-order chi connectivity index (χ1) is 16.0. The Hall–Kier alpha value is -3.84. The molecule has 2 aliphatic rings. The number of ether oxygens (including phenoxy) is 2. The van der Waals surface area contributed by atoms with Crippen molar-refractivity contribution in [3.05, 3.63) is 51.7 Å². The SMILES string of the molecule is CC1(COC(=O)N2CCN(N=Cc3ccc(C(F)(F)F)cc3)CC2)Cn2cc([N+](=O)[O-])nc2O1. The number of rotatable bonds is 5. The molecule has 14 heteroatoms. The minimum Gasteiger partial charge on any atom is -0.445 e. The molecule has 1 saturated heterocycles. The summed E-state index contributed by atoms with van der Waals surface area (Å²) in [5, 5.41) is 16.8. The lowest BCUT2D eigenvalue weighted by Gasteiger charge is -2.33. The largest absolute Gasteiger partial charge is 0.445 e. The molecule has 1 atom stereocenters. The van der Waals surface area contributed by atoms with Crippen molar-refractivity contribution in [3.8, 4) is 6.01 Å². The van der Waals surface area contributed by atoms with Crippen LogP contribution in [0.15, 0.2) is 35.6 Å². The van der Waals surface area contributed by atoms with Crippen LogP contribution in [0.5, 0.6) is 6.01 Å². The minimum absolute atomic E-state index is 0.0602. The van der Waals surface area contributed by atoms with Gasteiger partial charge in [0, 0.05) is 18.1 Å². The zero-order valence-corrected chi connectivity index (χ0v) is 18.1. The van der Waals surface area contributed by atoms with Crippen molar-refractivity contribution >= 4 is 18.1 Å². The van der Waals surface area contributed by atoms with Gasteiger partial charge in [-0.1, -0.05) is 12.1 Å². The van der Waals surface area contributed by atoms with Crippen LogP contribution < -0.4 is 4.74 Å². The maximum atomic E-state index is 12.6. The molecule has 1 amide bonds. The Bertz CT molecular complexity index is 1070. The van der Waals surface area contributed by atoms with Crippen molar-refractivity contribution in [2.45, 2.75) is 25.2 Å². The van der Waals surface area contributed by atoms with Crippen molar-refractivity contribution in [2.24, 2.45) is 5.10 Å². The number of hydrogen-bond acceptors (Lipinski definition) is 8. The molecule has 11 nitrogen and oxygen atoms in total. The minimum atomic E-state index is -4.38. The van der Waals surface area contributed by atoms with Gasteiger partial charge in [-0.15, -0.1) is 0 Å². The van der Waals surface area contributed by atoms with Crippen LogP contribution in [0.2, 0.25) is 0 Å². The molecule has 1 aromatic heterocycles. The Morgan fingerprint density at radius 3 is 2.56 bits per heavy atom. The van der Waals surface area contributed by atoms with Gasteiger partial charge in [-0.3, -0.25) is 9.58 Å². The average molecular weight is 482 g/mol. The molecule has 0 saturated carbocycles. The van der Waals surface area contributed by atoms with E-state index in [-0.39, 0.29) is 25.0 Å². The Morgan fingerprint density at radius 2 is 1.97 bits per heavy atom. The molecule has 1 unspecified atom stereocenters. The smallest absolute Gasteiger partial charge is 0.416 e. The number of halogens is 3. The van der Waals surface area contributed by atoms with Gasteiger partial charge >= 0.3 is 24.1 Å². The average Bonchev–Trinajstić information content (AvgIpc) is 3.32. The molecular formula is C20H21F3N6O5. The number of carbonyl (C=O) groups is 1. The van der Waals surface area contributed by atoms with Gasteiger partial charge in [-0.25, -0.2) is 4.79 Å². The van der Waals surface area contributed by atoms with E-state index in [2.05, 4.69) is 10.1 Å². The van der Waals surface area contributed by atoms with Crippen LogP contribution >= 0.6 is 0 Å². The molecule has 4 rings (SSSR count). The second kappa shape index (κ2) is 8.83. The number of benzene rings is 1. The first-order valence-electron chi connectivity index (χ1n) is 10.3. The highest BCUT2D eigenvalue weighted by atomic mass is 19.4. The number of piperazine rings is 1. The Morgan fingerprint density at radius 1 is 1.29 bits per heavy atom. The molecule has 2 aromatic rings. The summed E-state index contributed by atoms with van der Waals surface area (Å²) >= 11 is 0. The van der Waals surface area contributed by atoms with Crippen molar-refractivity contribution < 1.29 is 32.4 Å². The maximum absolute atomic E-state index is 12.6. The van der Waals surface area contributed by atoms with Crippen LogP contribution in [0.25, 0.3) is 0 Å². The quantitative estimate of drug-likeness (QED) is 0.366. The summed E-state index contributed by atoms with van der Waals surface area (Å²) < 4.78 is 50.4. The number of hydrogen-bond donors (Lipinski definition) is 0. The zero-order chi connectivity index (χ0) is 24.5. The first kappa shape index (κ1) is 23.3. The number of alkyl halides is 3. The monoisotopic (exact) mass is 482 g/mol. The molecule has 2 aliphatic heterocycles. The number of imidazole rings is 1. The summed E-state index contributed by atoms with van der Waals surface area (Å²) in [5.41, 5.74) is -1.08. The summed E-state index contributed by atoms with van der Waals surface area (Å²) in [4.78, 5) is 27.9. The molecule has 0 bridgehead atoms. The van der Waals surface area contributed by atoms with E-state index in [1.807, 2.05) is 0 Å². The fourth-order valence-corrected chi connectivity index (χ4v) is 3.56. The standard InChI is InChI=1S/C20H21F3N6O5/c1-19(12-27-11-16(29(31)32)25-17(27)34-19)13-33-18(30)26-6-8-28(9-7-26)24-10-14-2-4-15(5-3-14)20(21,22)23/h2-5,10-11H,6-9,12-13H2,1H3. The van der Waals surface area contributed by atoms with Crippen LogP contribution in [-0.2, 0) is 17.5 Å². The van der Waals surface area contributed by atoms with Crippen LogP contribution in [0.4, 0.5) is 23.8 Å². The summed E-state index contributed by atoms with van der Waals surface area (Å²) in [7, 11) is 0. The van der Waals surface area contributed by atoms with Gasteiger partial charge in [-0.2, -0.15) is 18.3 Å². The van der Waals surface area contributed by atoms with E-state index in [0.717, 1.165) is 12.1 Å². The lowest BCUT2D eigenvalue weighted by molar-refractivity contribution is -0.389. The van der Waals surface area contributed by atoms with Crippen molar-refractivity contribution in [1.29, 1.82) is 0 Å². The van der Waals surface area contributed by atoms with E-state index in [1.54, 1.807) is 11.9 Å². The fourth-order valence-electron chi connectivity index (χ4n) is 3.56. The van der Waals surface area contributed by atoms with E-state index in [1.165, 1.54) is 34.0 Å². The van der Waals surface area contributed by atoms with Gasteiger partial charge in [0.1, 0.15) is 12.8 Å². The highest BCUT2D eigenvalue weighted by Crippen LogP contribution is 2.31. The number of aromatic nitrogens is 2. The van der Waals surface area contributed by atoms with Gasteiger partial charge in [0.15, 0.2) is 5.60 Å². The van der Waals surface area contributed by atoms with Crippen LogP contribution in [0.3, 0.4) is 0 Å². The topological polar surface area (TPSA) is 115 Å². The van der Waals surface area contributed by atoms with E-state index >= 15 is 0 Å². The fraction of sp³-hybridized carbons (Fsp3) is 0.450. The number of hydrazone groups is 1. The summed E-state index contributed by atoms with van der Waals surface area (Å²) in [6.45, 7) is 3.48. The number of fused-ring (bicyclic) bond motifs is 1. The number of amides is 1. The zero-order valence-electron chi connectivity index (χ0n) is 18.1. The van der Waals surface area contributed by atoms with E-state index in [0.29, 0.717) is 31.7 Å². The molecule has 0 N–H and O–H groups in total. The molecule has 34 heavy (non-hydrogen) atoms. The van der Waals surface area contributed by atoms with Crippen molar-refractivity contribution in [1.82, 2.24) is 19.5 Å². The Kier molecular flexibility index (Phi) is 6.06. The van der Waals surface area contributed by atoms with Crippen LogP contribution in [0, 0.1) is 10.1 Å². The van der Waals surface area contributed by atoms with Gasteiger partial charge in [-0.05, 0) is 29.5 Å². The first-order valence-corrected chi connectivity index (χ1v) is 10.3. The molecular weight excluding hydrogens is 461 g/mol. The second-order valence-electron chi connectivity index (χ2n) is 8.18. The Balaban J connectivity index is 1.22. The number of carbonyl (C=O) groups excluding carboxylic acids is 1. The third-order valence-electron chi connectivity index (χ3n) is 5.38. The predicted molar refractivity (Wildman–Crippen MR) is 111 cm³/mol. The van der Waals surface area contributed by atoms with Crippen molar-refractivity contribution in [2.75, 3.05) is 32.8 Å². The van der Waals surface area contributed by atoms with Gasteiger partial charge in [0.05, 0.1) is 31.4 Å². The molecule has 0 aliphatic carbocycles. The summed E-state index contributed by atoms with van der Waals surface area (Å²) in [6, 6.07) is 4.78. The van der Waals surface area contributed by atoms with Gasteiger partial charge in [0.25, 0.3) is 0 Å². The molecule has 0 spiro atoms. The van der Waals surface area contributed by atoms with Crippen LogP contribution in [0.1, 0.15) is 18.1 Å². The van der Waals surface area contributed by atoms with Crippen LogP contribution in [-0.4, -0.2) is 75.1 Å². The van der Waals surface area contributed by atoms with Gasteiger partial charge < -0.3 is 24.5 Å². The molecule has 3 heterocycles. The molecule has 0 radical (unpaired) electrons. The van der Waals surface area contributed by atoms with E-state index < -0.39 is 28.4 Å². The molecule has 1 fully saturated rings. The second-order valence-corrected chi connectivity index (χ2v) is 8.18. The number of nitro groups is 1. The lowest BCUT2D eigenvalue weighted by Crippen LogP contribution is -2.48. The third-order valence-corrected chi connectivity index (χ3v) is 5.38. The maximum Gasteiger partial charge on any atom is 0.416 e. The third kappa shape index (κ3) is 5.21. The lowest BCUT2D eigenvalue weighted by atomic mass is 10.1. The van der Waals surface area contributed by atoms with Crippen molar-refractivity contribution in [3.63, 3.8) is 0 Å². The highest BCUT2D eigenvalue weighted by Gasteiger charge is 2.42. The normalized spacial score (nSPS) is 20.4. The molecule has 1 aromatic carbocycles. The Labute approximate surface area is 191 Å². The highest BCUT2D eigenvalue weighted by molar-refractivity contribution is 5.79. The van der Waals surface area contributed by atoms with E-state index in [4.69, 9.17) is 9.47 Å². The number of nitrogens with zero attached hydrogens (tertiary/aromatic N) is 6. The summed E-state index contributed by atoms with van der Waals surface area (Å²) in [5.74, 6) is -0.312. The predicted octanol–water partition coefficient (Wildman–Crippen LogP) is 2.75. The molecule has 182 valence electrons.